The van der Waals surface area contributed by atoms with Crippen LogP contribution in [-0.4, -0.2) is 13.7 Å². The first kappa shape index (κ1) is 15.6. The van der Waals surface area contributed by atoms with E-state index >= 15 is 0 Å². The van der Waals surface area contributed by atoms with E-state index in [1.54, 1.807) is 42.5 Å². The van der Waals surface area contributed by atoms with Crippen LogP contribution in [-0.2, 0) is 9.84 Å². The van der Waals surface area contributed by atoms with Gasteiger partial charge in [0.2, 0.25) is 0 Å². The lowest BCUT2D eigenvalue weighted by Crippen LogP contribution is -2.14. The van der Waals surface area contributed by atoms with Crippen molar-refractivity contribution in [3.63, 3.8) is 0 Å². The Morgan fingerprint density at radius 2 is 1.65 bits per heavy atom. The quantitative estimate of drug-likeness (QED) is 0.856. The highest BCUT2D eigenvalue weighted by Gasteiger charge is 2.73. The average Bonchev–Trinajstić information content (AvgIpc) is 3.26. The summed E-state index contributed by atoms with van der Waals surface area (Å²) in [7, 11) is -3.80. The molecule has 0 aromatic heterocycles. The zero-order valence-corrected chi connectivity index (χ0v) is 13.4. The molecule has 114 valence electrons. The minimum atomic E-state index is -3.80. The Bertz CT molecular complexity index is 929. The van der Waals surface area contributed by atoms with E-state index in [2.05, 4.69) is 0 Å². The Balaban J connectivity index is 2.12. The van der Waals surface area contributed by atoms with Crippen molar-refractivity contribution in [1.82, 2.24) is 0 Å². The molecule has 1 aliphatic rings. The third-order valence-corrected chi connectivity index (χ3v) is 6.59. The molecule has 0 N–H and O–H groups in total. The first-order valence-electron chi connectivity index (χ1n) is 6.84. The molecule has 1 saturated carbocycles. The maximum absolute atomic E-state index is 12.9. The third-order valence-electron chi connectivity index (χ3n) is 4.12. The Morgan fingerprint density at radius 3 is 2.22 bits per heavy atom. The van der Waals surface area contributed by atoms with Gasteiger partial charge in [-0.2, -0.15) is 10.5 Å². The number of nitrogens with zero attached hydrogens (tertiary/aromatic N) is 2. The molecule has 0 saturated heterocycles. The van der Waals surface area contributed by atoms with Gasteiger partial charge in [0, 0.05) is 10.9 Å². The largest absolute Gasteiger partial charge is 0.223 e. The number of sulfone groups is 1. The van der Waals surface area contributed by atoms with Crippen molar-refractivity contribution in [2.75, 3.05) is 0 Å². The molecule has 23 heavy (non-hydrogen) atoms. The van der Waals surface area contributed by atoms with Gasteiger partial charge in [-0.3, -0.25) is 0 Å². The Hall–Kier alpha value is -2.34. The smallest absolute Gasteiger partial charge is 0.184 e. The fourth-order valence-electron chi connectivity index (χ4n) is 2.97. The minimum Gasteiger partial charge on any atom is -0.223 e. The van der Waals surface area contributed by atoms with Gasteiger partial charge in [-0.15, -0.1) is 0 Å². The topological polar surface area (TPSA) is 81.7 Å². The summed E-state index contributed by atoms with van der Waals surface area (Å²) in [6.45, 7) is 0. The number of benzene rings is 2. The van der Waals surface area contributed by atoms with Gasteiger partial charge in [0.05, 0.1) is 17.0 Å². The SMILES string of the molecule is N#CC1(C#N)[C@H](c2cccc(Cl)c2)[C@H]1S(=O)(=O)c1ccccc1. The van der Waals surface area contributed by atoms with Crippen molar-refractivity contribution in [3.8, 4) is 12.1 Å². The molecule has 1 fully saturated rings. The van der Waals surface area contributed by atoms with Crippen molar-refractivity contribution in [2.45, 2.75) is 16.1 Å². The van der Waals surface area contributed by atoms with Gasteiger partial charge < -0.3 is 0 Å². The number of rotatable bonds is 3. The lowest BCUT2D eigenvalue weighted by atomic mass is 10.0. The molecule has 0 spiro atoms. The summed E-state index contributed by atoms with van der Waals surface area (Å²) < 4.78 is 25.7. The maximum Gasteiger partial charge on any atom is 0.184 e. The zero-order valence-electron chi connectivity index (χ0n) is 11.8. The fraction of sp³-hybridized carbons (Fsp3) is 0.176. The van der Waals surface area contributed by atoms with E-state index in [4.69, 9.17) is 11.6 Å². The highest BCUT2D eigenvalue weighted by atomic mass is 35.5. The van der Waals surface area contributed by atoms with Gasteiger partial charge in [0.25, 0.3) is 0 Å². The molecule has 0 amide bonds. The highest BCUT2D eigenvalue weighted by Crippen LogP contribution is 2.63. The van der Waals surface area contributed by atoms with Crippen LogP contribution in [0.4, 0.5) is 0 Å². The standard InChI is InChI=1S/C17H11ClN2O2S/c18-13-6-4-5-12(9-13)15-16(17(15,10-19)11-20)23(21,22)14-7-2-1-3-8-14/h1-9,15-16H/t15-,16-/m1/s1. The summed E-state index contributed by atoms with van der Waals surface area (Å²) in [4.78, 5) is 0.115. The van der Waals surface area contributed by atoms with Gasteiger partial charge in [0.15, 0.2) is 15.3 Å². The van der Waals surface area contributed by atoms with E-state index in [1.807, 2.05) is 12.1 Å². The first-order valence-corrected chi connectivity index (χ1v) is 8.77. The Labute approximate surface area is 139 Å². The van der Waals surface area contributed by atoms with E-state index < -0.39 is 26.4 Å². The molecule has 6 heteroatoms. The van der Waals surface area contributed by atoms with Crippen LogP contribution in [0.15, 0.2) is 59.5 Å². The minimum absolute atomic E-state index is 0.115. The second-order valence-electron chi connectivity index (χ2n) is 5.40. The Morgan fingerprint density at radius 1 is 1.00 bits per heavy atom. The van der Waals surface area contributed by atoms with E-state index in [0.717, 1.165) is 0 Å². The van der Waals surface area contributed by atoms with Crippen LogP contribution >= 0.6 is 11.6 Å². The molecule has 0 heterocycles. The lowest BCUT2D eigenvalue weighted by molar-refractivity contribution is 0.591. The maximum atomic E-state index is 12.9. The lowest BCUT2D eigenvalue weighted by Gasteiger charge is -2.03. The summed E-state index contributed by atoms with van der Waals surface area (Å²) >= 11 is 5.96. The molecule has 4 nitrogen and oxygen atoms in total. The molecular formula is C17H11ClN2O2S. The number of halogens is 1. The van der Waals surface area contributed by atoms with Crippen LogP contribution in [0.1, 0.15) is 11.5 Å². The van der Waals surface area contributed by atoms with Crippen molar-refractivity contribution >= 4 is 21.4 Å². The van der Waals surface area contributed by atoms with Crippen molar-refractivity contribution in [1.29, 1.82) is 10.5 Å². The molecule has 0 aliphatic heterocycles. The predicted octanol–water partition coefficient (Wildman–Crippen LogP) is 3.31. The summed E-state index contributed by atoms with van der Waals surface area (Å²) in [5.74, 6) is -0.707. The van der Waals surface area contributed by atoms with E-state index in [0.29, 0.717) is 10.6 Å². The molecular weight excluding hydrogens is 332 g/mol. The fourth-order valence-corrected chi connectivity index (χ4v) is 5.39. The van der Waals surface area contributed by atoms with E-state index in [9.17, 15) is 18.9 Å². The van der Waals surface area contributed by atoms with E-state index in [1.165, 1.54) is 12.1 Å². The number of nitriles is 2. The van der Waals surface area contributed by atoms with Crippen LogP contribution in [0.5, 0.6) is 0 Å². The molecule has 3 rings (SSSR count). The molecule has 0 radical (unpaired) electrons. The van der Waals surface area contributed by atoms with Crippen LogP contribution in [0, 0.1) is 28.1 Å². The van der Waals surface area contributed by atoms with E-state index in [-0.39, 0.29) is 4.90 Å². The van der Waals surface area contributed by atoms with Crippen molar-refractivity contribution in [2.24, 2.45) is 5.41 Å². The van der Waals surface area contributed by atoms with Crippen molar-refractivity contribution in [3.05, 3.63) is 65.2 Å². The monoisotopic (exact) mass is 342 g/mol. The van der Waals surface area contributed by atoms with Gasteiger partial charge >= 0.3 is 0 Å². The van der Waals surface area contributed by atoms with Gasteiger partial charge in [0.1, 0.15) is 5.25 Å². The molecule has 1 aliphatic carbocycles. The normalized spacial score (nSPS) is 21.9. The second kappa shape index (κ2) is 5.38. The van der Waals surface area contributed by atoms with Crippen molar-refractivity contribution < 1.29 is 8.42 Å². The summed E-state index contributed by atoms with van der Waals surface area (Å²) in [6, 6.07) is 18.4. The van der Waals surface area contributed by atoms with Gasteiger partial charge in [-0.1, -0.05) is 41.9 Å². The molecule has 0 bridgehead atoms. The first-order chi connectivity index (χ1) is 11.0. The van der Waals surface area contributed by atoms with Crippen LogP contribution in [0.3, 0.4) is 0 Å². The van der Waals surface area contributed by atoms with Gasteiger partial charge in [-0.25, -0.2) is 8.42 Å². The Kier molecular flexibility index (Phi) is 3.64. The van der Waals surface area contributed by atoms with Gasteiger partial charge in [-0.05, 0) is 29.8 Å². The number of hydrogen-bond acceptors (Lipinski definition) is 4. The highest BCUT2D eigenvalue weighted by molar-refractivity contribution is 7.92. The van der Waals surface area contributed by atoms with Crippen LogP contribution in [0.2, 0.25) is 5.02 Å². The molecule has 2 atom stereocenters. The summed E-state index contributed by atoms with van der Waals surface area (Å²) in [6.07, 6.45) is 0. The average molecular weight is 343 g/mol. The molecule has 2 aromatic carbocycles. The summed E-state index contributed by atoms with van der Waals surface area (Å²) in [5, 5.41) is 18.3. The summed E-state index contributed by atoms with van der Waals surface area (Å²) in [5.41, 5.74) is -0.996. The third kappa shape index (κ3) is 2.30. The number of hydrogen-bond donors (Lipinski definition) is 0. The van der Waals surface area contributed by atoms with Crippen LogP contribution < -0.4 is 0 Å². The zero-order chi connectivity index (χ0) is 16.7. The predicted molar refractivity (Wildman–Crippen MR) is 85.3 cm³/mol. The molecule has 2 aromatic rings. The molecule has 0 unspecified atom stereocenters. The second-order valence-corrected chi connectivity index (χ2v) is 7.91. The van der Waals surface area contributed by atoms with Crippen LogP contribution in [0.25, 0.3) is 0 Å².